The summed E-state index contributed by atoms with van der Waals surface area (Å²) in [6, 6.07) is 2.41. The molecule has 0 amide bonds. The second-order valence-electron chi connectivity index (χ2n) is 6.25. The highest BCUT2D eigenvalue weighted by Gasteiger charge is 2.52. The van der Waals surface area contributed by atoms with Crippen LogP contribution >= 0.6 is 0 Å². The summed E-state index contributed by atoms with van der Waals surface area (Å²) < 4.78 is 44.6. The molecule has 0 aliphatic carbocycles. The first-order valence-corrected chi connectivity index (χ1v) is 7.15. The summed E-state index contributed by atoms with van der Waals surface area (Å²) in [4.78, 5) is 0. The second-order valence-corrected chi connectivity index (χ2v) is 6.25. The van der Waals surface area contributed by atoms with E-state index in [0.717, 1.165) is 0 Å². The van der Waals surface area contributed by atoms with Crippen molar-refractivity contribution in [3.63, 3.8) is 0 Å². The fraction of sp³-hybridized carbons (Fsp3) is 0.600. The molecular weight excluding hydrogens is 277 g/mol. The fourth-order valence-corrected chi connectivity index (χ4v) is 2.04. The van der Waals surface area contributed by atoms with Crippen molar-refractivity contribution in [3.05, 3.63) is 23.8 Å². The Hall–Kier alpha value is -1.14. The number of benzene rings is 1. The van der Waals surface area contributed by atoms with Crippen molar-refractivity contribution in [3.8, 4) is 5.75 Å². The van der Waals surface area contributed by atoms with Gasteiger partial charge in [-0.25, -0.2) is 8.78 Å². The van der Waals surface area contributed by atoms with Gasteiger partial charge in [0.15, 0.2) is 17.4 Å². The predicted octanol–water partition coefficient (Wildman–Crippen LogP) is 3.05. The second kappa shape index (κ2) is 5.57. The minimum absolute atomic E-state index is 0.268. The van der Waals surface area contributed by atoms with Crippen LogP contribution in [0.4, 0.5) is 8.78 Å². The zero-order valence-electron chi connectivity index (χ0n) is 13.1. The molecule has 0 N–H and O–H groups in total. The Labute approximate surface area is 124 Å². The Morgan fingerprint density at radius 1 is 1.05 bits per heavy atom. The molecule has 21 heavy (non-hydrogen) atoms. The predicted molar refractivity (Wildman–Crippen MR) is 77.9 cm³/mol. The van der Waals surface area contributed by atoms with E-state index >= 15 is 0 Å². The van der Waals surface area contributed by atoms with Gasteiger partial charge in [-0.05, 0) is 51.7 Å². The third kappa shape index (κ3) is 3.06. The molecule has 0 unspecified atom stereocenters. The average molecular weight is 298 g/mol. The maximum absolute atomic E-state index is 14.0. The minimum atomic E-state index is -0.792. The molecule has 0 saturated carbocycles. The van der Waals surface area contributed by atoms with Gasteiger partial charge in [-0.3, -0.25) is 0 Å². The highest BCUT2D eigenvalue weighted by atomic mass is 19.1. The Morgan fingerprint density at radius 3 is 1.95 bits per heavy atom. The van der Waals surface area contributed by atoms with E-state index in [4.69, 9.17) is 14.0 Å². The molecule has 0 radical (unpaired) electrons. The summed E-state index contributed by atoms with van der Waals surface area (Å²) >= 11 is 0. The Morgan fingerprint density at radius 2 is 1.52 bits per heavy atom. The number of ether oxygens (including phenoxy) is 1. The van der Waals surface area contributed by atoms with Crippen LogP contribution in [0.3, 0.4) is 0 Å². The van der Waals surface area contributed by atoms with E-state index in [2.05, 4.69) is 0 Å². The fourth-order valence-electron chi connectivity index (χ4n) is 2.04. The molecule has 3 nitrogen and oxygen atoms in total. The van der Waals surface area contributed by atoms with Gasteiger partial charge in [0.1, 0.15) is 0 Å². The smallest absolute Gasteiger partial charge is 0.488 e. The van der Waals surface area contributed by atoms with Gasteiger partial charge in [0.25, 0.3) is 0 Å². The lowest BCUT2D eigenvalue weighted by molar-refractivity contribution is 0.00578. The highest BCUT2D eigenvalue weighted by Crippen LogP contribution is 2.36. The molecule has 0 bridgehead atoms. The van der Waals surface area contributed by atoms with E-state index in [1.165, 1.54) is 12.1 Å². The topological polar surface area (TPSA) is 27.7 Å². The molecule has 0 aromatic heterocycles. The van der Waals surface area contributed by atoms with E-state index in [0.29, 0.717) is 11.9 Å². The SMILES string of the molecule is CCCOc1c(F)cc(B2OC(C)(C)C(C)(C)O2)cc1F. The number of halogens is 2. The highest BCUT2D eigenvalue weighted by molar-refractivity contribution is 6.62. The van der Waals surface area contributed by atoms with Crippen LogP contribution in [0.25, 0.3) is 0 Å². The summed E-state index contributed by atoms with van der Waals surface area (Å²) in [5, 5.41) is 0. The lowest BCUT2D eigenvalue weighted by Crippen LogP contribution is -2.41. The Kier molecular flexibility index (Phi) is 4.31. The van der Waals surface area contributed by atoms with Gasteiger partial charge < -0.3 is 14.0 Å². The summed E-state index contributed by atoms with van der Waals surface area (Å²) in [6.07, 6.45) is 0.678. The molecule has 1 saturated heterocycles. The Bertz CT molecular complexity index is 493. The molecule has 1 heterocycles. The minimum Gasteiger partial charge on any atom is -0.488 e. The third-order valence-electron chi connectivity index (χ3n) is 4.00. The van der Waals surface area contributed by atoms with Crippen LogP contribution < -0.4 is 10.2 Å². The van der Waals surface area contributed by atoms with Gasteiger partial charge in [0, 0.05) is 0 Å². The van der Waals surface area contributed by atoms with Crippen molar-refractivity contribution in [2.45, 2.75) is 52.2 Å². The standard InChI is InChI=1S/C15H21BF2O3/c1-6-7-19-13-11(17)8-10(9-12(13)18)16-20-14(2,3)15(4,5)21-16/h8-9H,6-7H2,1-5H3. The van der Waals surface area contributed by atoms with E-state index in [-0.39, 0.29) is 12.4 Å². The van der Waals surface area contributed by atoms with Crippen LogP contribution in [0.5, 0.6) is 5.75 Å². The third-order valence-corrected chi connectivity index (χ3v) is 4.00. The van der Waals surface area contributed by atoms with Gasteiger partial charge in [0.2, 0.25) is 0 Å². The first-order chi connectivity index (χ1) is 9.68. The monoisotopic (exact) mass is 298 g/mol. The molecular formula is C15H21BF2O3. The molecule has 116 valence electrons. The molecule has 1 fully saturated rings. The van der Waals surface area contributed by atoms with E-state index in [9.17, 15) is 8.78 Å². The van der Waals surface area contributed by atoms with E-state index < -0.39 is 30.0 Å². The van der Waals surface area contributed by atoms with Crippen molar-refractivity contribution in [1.29, 1.82) is 0 Å². The summed E-state index contributed by atoms with van der Waals surface area (Å²) in [5.74, 6) is -1.83. The van der Waals surface area contributed by atoms with Crippen molar-refractivity contribution in [2.24, 2.45) is 0 Å². The normalized spacial score (nSPS) is 19.9. The molecule has 0 atom stereocenters. The summed E-state index contributed by atoms with van der Waals surface area (Å²) in [7, 11) is -0.792. The van der Waals surface area contributed by atoms with Crippen molar-refractivity contribution in [2.75, 3.05) is 6.61 Å². The van der Waals surface area contributed by atoms with Crippen LogP contribution in [0, 0.1) is 11.6 Å². The lowest BCUT2D eigenvalue weighted by atomic mass is 9.79. The lowest BCUT2D eigenvalue weighted by Gasteiger charge is -2.32. The summed E-state index contributed by atoms with van der Waals surface area (Å²) in [5.41, 5.74) is -0.795. The van der Waals surface area contributed by atoms with Gasteiger partial charge in [-0.2, -0.15) is 0 Å². The maximum atomic E-state index is 14.0. The van der Waals surface area contributed by atoms with Gasteiger partial charge in [-0.1, -0.05) is 6.92 Å². The molecule has 1 aromatic rings. The molecule has 0 spiro atoms. The van der Waals surface area contributed by atoms with Crippen LogP contribution in [0.2, 0.25) is 0 Å². The molecule has 1 aliphatic rings. The first kappa shape index (κ1) is 16.2. The van der Waals surface area contributed by atoms with Crippen LogP contribution in [-0.4, -0.2) is 24.9 Å². The quantitative estimate of drug-likeness (QED) is 0.800. The number of hydrogen-bond donors (Lipinski definition) is 0. The molecule has 1 aliphatic heterocycles. The van der Waals surface area contributed by atoms with Crippen molar-refractivity contribution in [1.82, 2.24) is 0 Å². The average Bonchev–Trinajstić information content (AvgIpc) is 2.57. The number of hydrogen-bond acceptors (Lipinski definition) is 3. The largest absolute Gasteiger partial charge is 0.495 e. The van der Waals surface area contributed by atoms with E-state index in [1.807, 2.05) is 34.6 Å². The van der Waals surface area contributed by atoms with E-state index in [1.54, 1.807) is 0 Å². The van der Waals surface area contributed by atoms with Crippen LogP contribution in [0.15, 0.2) is 12.1 Å². The van der Waals surface area contributed by atoms with Gasteiger partial charge in [0.05, 0.1) is 17.8 Å². The van der Waals surface area contributed by atoms with Crippen molar-refractivity contribution < 1.29 is 22.8 Å². The first-order valence-electron chi connectivity index (χ1n) is 7.15. The van der Waals surface area contributed by atoms with Crippen LogP contribution in [-0.2, 0) is 9.31 Å². The van der Waals surface area contributed by atoms with Gasteiger partial charge in [-0.15, -0.1) is 0 Å². The van der Waals surface area contributed by atoms with Crippen LogP contribution in [0.1, 0.15) is 41.0 Å². The van der Waals surface area contributed by atoms with Gasteiger partial charge >= 0.3 is 7.12 Å². The summed E-state index contributed by atoms with van der Waals surface area (Å²) in [6.45, 7) is 9.69. The zero-order chi connectivity index (χ0) is 15.8. The molecule has 2 rings (SSSR count). The molecule has 1 aromatic carbocycles. The zero-order valence-corrected chi connectivity index (χ0v) is 13.1. The Balaban J connectivity index is 2.27. The molecule has 6 heteroatoms. The van der Waals surface area contributed by atoms with Crippen molar-refractivity contribution >= 4 is 12.6 Å². The maximum Gasteiger partial charge on any atom is 0.495 e. The number of rotatable bonds is 4.